The molecule has 68 valence electrons. The molecule has 2 rings (SSSR count). The van der Waals surface area contributed by atoms with Crippen molar-refractivity contribution in [2.45, 2.75) is 6.10 Å². The average Bonchev–Trinajstić information content (AvgIpc) is 2.72. The lowest BCUT2D eigenvalue weighted by Gasteiger charge is -2.03. The molecular weight excluding hydrogens is 208 g/mol. The van der Waals surface area contributed by atoms with Gasteiger partial charge in [-0.15, -0.1) is 11.3 Å². The molecule has 13 heavy (non-hydrogen) atoms. The van der Waals surface area contributed by atoms with E-state index in [0.717, 1.165) is 10.4 Å². The van der Waals surface area contributed by atoms with Gasteiger partial charge >= 0.3 is 0 Å². The van der Waals surface area contributed by atoms with Gasteiger partial charge in [-0.05, 0) is 12.1 Å². The molecule has 2 aromatic rings. The molecule has 2 N–H and O–H groups in total. The van der Waals surface area contributed by atoms with Gasteiger partial charge in [0, 0.05) is 16.6 Å². The van der Waals surface area contributed by atoms with Gasteiger partial charge in [-0.3, -0.25) is 5.10 Å². The number of aliphatic hydroxyl groups is 1. The van der Waals surface area contributed by atoms with E-state index in [0.29, 0.717) is 4.34 Å². The summed E-state index contributed by atoms with van der Waals surface area (Å²) in [6.07, 6.45) is 2.63. The smallest absolute Gasteiger partial charge is 0.116 e. The lowest BCUT2D eigenvalue weighted by Crippen LogP contribution is -1.93. The van der Waals surface area contributed by atoms with Gasteiger partial charge in [0.1, 0.15) is 6.10 Å². The lowest BCUT2D eigenvalue weighted by atomic mass is 10.2. The number of aromatic nitrogens is 2. The van der Waals surface area contributed by atoms with Gasteiger partial charge in [-0.1, -0.05) is 11.6 Å². The normalized spacial score (nSPS) is 13.1. The standard InChI is InChI=1S/C8H7ClN2OS/c9-7-2-1-6(13-7)8(12)5-3-10-11-4-5/h1-4,8,12H,(H,10,11). The summed E-state index contributed by atoms with van der Waals surface area (Å²) in [5.74, 6) is 0. The van der Waals surface area contributed by atoms with E-state index in [1.165, 1.54) is 11.3 Å². The Bertz CT molecular complexity index is 385. The molecule has 1 unspecified atom stereocenters. The Morgan fingerprint density at radius 1 is 1.54 bits per heavy atom. The maximum atomic E-state index is 9.79. The van der Waals surface area contributed by atoms with Crippen LogP contribution in [0, 0.1) is 0 Å². The van der Waals surface area contributed by atoms with Gasteiger partial charge in [-0.2, -0.15) is 5.10 Å². The minimum absolute atomic E-state index is 0.628. The van der Waals surface area contributed by atoms with Crippen molar-refractivity contribution in [1.29, 1.82) is 0 Å². The number of nitrogens with one attached hydrogen (secondary N) is 1. The van der Waals surface area contributed by atoms with E-state index in [9.17, 15) is 5.11 Å². The van der Waals surface area contributed by atoms with Crippen LogP contribution in [0.15, 0.2) is 24.5 Å². The van der Waals surface area contributed by atoms with Crippen LogP contribution < -0.4 is 0 Å². The molecule has 0 saturated carbocycles. The Hall–Kier alpha value is -0.840. The number of aromatic amines is 1. The van der Waals surface area contributed by atoms with Gasteiger partial charge in [0.05, 0.1) is 10.5 Å². The fourth-order valence-corrected chi connectivity index (χ4v) is 2.13. The van der Waals surface area contributed by atoms with Crippen molar-refractivity contribution < 1.29 is 5.11 Å². The number of nitrogens with zero attached hydrogens (tertiary/aromatic N) is 1. The van der Waals surface area contributed by atoms with Crippen LogP contribution in [0.3, 0.4) is 0 Å². The number of thiophene rings is 1. The van der Waals surface area contributed by atoms with Crippen molar-refractivity contribution in [3.63, 3.8) is 0 Å². The lowest BCUT2D eigenvalue weighted by molar-refractivity contribution is 0.224. The molecule has 1 atom stereocenters. The number of rotatable bonds is 2. The Balaban J connectivity index is 2.28. The van der Waals surface area contributed by atoms with E-state index in [-0.39, 0.29) is 0 Å². The molecule has 0 radical (unpaired) electrons. The molecule has 0 amide bonds. The molecule has 0 aliphatic rings. The Labute approximate surface area is 84.0 Å². The van der Waals surface area contributed by atoms with Gasteiger partial charge in [0.15, 0.2) is 0 Å². The maximum absolute atomic E-state index is 9.79. The highest BCUT2D eigenvalue weighted by molar-refractivity contribution is 7.16. The minimum Gasteiger partial charge on any atom is -0.383 e. The monoisotopic (exact) mass is 214 g/mol. The quantitative estimate of drug-likeness (QED) is 0.805. The SMILES string of the molecule is OC(c1cn[nH]c1)c1ccc(Cl)s1. The third-order valence-electron chi connectivity index (χ3n) is 1.70. The van der Waals surface area contributed by atoms with Crippen molar-refractivity contribution in [1.82, 2.24) is 10.2 Å². The predicted molar refractivity (Wildman–Crippen MR) is 52.0 cm³/mol. The topological polar surface area (TPSA) is 48.9 Å². The maximum Gasteiger partial charge on any atom is 0.116 e. The number of H-pyrrole nitrogens is 1. The molecule has 5 heteroatoms. The molecule has 0 bridgehead atoms. The average molecular weight is 215 g/mol. The van der Waals surface area contributed by atoms with E-state index in [1.54, 1.807) is 18.5 Å². The Kier molecular flexibility index (Phi) is 2.35. The first-order valence-electron chi connectivity index (χ1n) is 3.69. The second-order valence-corrected chi connectivity index (χ2v) is 4.32. The van der Waals surface area contributed by atoms with E-state index in [2.05, 4.69) is 10.2 Å². The highest BCUT2D eigenvalue weighted by Gasteiger charge is 2.13. The molecule has 0 spiro atoms. The summed E-state index contributed by atoms with van der Waals surface area (Å²) in [4.78, 5) is 0.825. The number of hydrogen-bond acceptors (Lipinski definition) is 3. The van der Waals surface area contributed by atoms with Crippen LogP contribution in [0.2, 0.25) is 4.34 Å². The third kappa shape index (κ3) is 1.75. The summed E-state index contributed by atoms with van der Waals surface area (Å²) in [7, 11) is 0. The van der Waals surface area contributed by atoms with E-state index in [4.69, 9.17) is 11.6 Å². The van der Waals surface area contributed by atoms with Crippen LogP contribution in [-0.2, 0) is 0 Å². The first kappa shape index (κ1) is 8.74. The van der Waals surface area contributed by atoms with Gasteiger partial charge in [0.2, 0.25) is 0 Å². The van der Waals surface area contributed by atoms with Crippen molar-refractivity contribution in [2.24, 2.45) is 0 Å². The molecule has 2 heterocycles. The fourth-order valence-electron chi connectivity index (χ4n) is 1.05. The second-order valence-electron chi connectivity index (χ2n) is 2.58. The molecule has 0 aliphatic carbocycles. The molecule has 0 saturated heterocycles. The highest BCUT2D eigenvalue weighted by atomic mass is 35.5. The van der Waals surface area contributed by atoms with E-state index in [1.807, 2.05) is 6.07 Å². The van der Waals surface area contributed by atoms with Gasteiger partial charge < -0.3 is 5.11 Å². The number of hydrogen-bond donors (Lipinski definition) is 2. The molecular formula is C8H7ClN2OS. The zero-order valence-corrected chi connectivity index (χ0v) is 8.14. The van der Waals surface area contributed by atoms with Crippen LogP contribution in [0.1, 0.15) is 16.5 Å². The van der Waals surface area contributed by atoms with Crippen molar-refractivity contribution in [3.8, 4) is 0 Å². The van der Waals surface area contributed by atoms with Crippen molar-refractivity contribution >= 4 is 22.9 Å². The van der Waals surface area contributed by atoms with Crippen LogP contribution in [0.5, 0.6) is 0 Å². The largest absolute Gasteiger partial charge is 0.383 e. The molecule has 0 fully saturated rings. The minimum atomic E-state index is -0.628. The first-order valence-corrected chi connectivity index (χ1v) is 4.89. The summed E-state index contributed by atoms with van der Waals surface area (Å²) >= 11 is 7.12. The van der Waals surface area contributed by atoms with Gasteiger partial charge in [-0.25, -0.2) is 0 Å². The van der Waals surface area contributed by atoms with Crippen molar-refractivity contribution in [2.75, 3.05) is 0 Å². The predicted octanol–water partition coefficient (Wildman–Crippen LogP) is 2.21. The molecule has 0 aliphatic heterocycles. The molecule has 0 aromatic carbocycles. The third-order valence-corrected chi connectivity index (χ3v) is 2.98. The van der Waals surface area contributed by atoms with E-state index < -0.39 is 6.10 Å². The first-order chi connectivity index (χ1) is 6.27. The summed E-state index contributed by atoms with van der Waals surface area (Å²) in [6, 6.07) is 3.58. The zero-order chi connectivity index (χ0) is 9.26. The van der Waals surface area contributed by atoms with Crippen LogP contribution >= 0.6 is 22.9 Å². The van der Waals surface area contributed by atoms with Crippen LogP contribution in [0.25, 0.3) is 0 Å². The summed E-state index contributed by atoms with van der Waals surface area (Å²) in [5, 5.41) is 16.2. The number of aliphatic hydroxyl groups excluding tert-OH is 1. The Morgan fingerprint density at radius 3 is 2.92 bits per heavy atom. The molecule has 2 aromatic heterocycles. The summed E-state index contributed by atoms with van der Waals surface area (Å²) < 4.78 is 0.678. The highest BCUT2D eigenvalue weighted by Crippen LogP contribution is 2.30. The van der Waals surface area contributed by atoms with Crippen LogP contribution in [-0.4, -0.2) is 15.3 Å². The van der Waals surface area contributed by atoms with Gasteiger partial charge in [0.25, 0.3) is 0 Å². The summed E-state index contributed by atoms with van der Waals surface area (Å²) in [5.41, 5.74) is 0.749. The fraction of sp³-hybridized carbons (Fsp3) is 0.125. The van der Waals surface area contributed by atoms with Crippen LogP contribution in [0.4, 0.5) is 0 Å². The zero-order valence-electron chi connectivity index (χ0n) is 6.57. The Morgan fingerprint density at radius 2 is 2.38 bits per heavy atom. The van der Waals surface area contributed by atoms with E-state index >= 15 is 0 Å². The van der Waals surface area contributed by atoms with Crippen molar-refractivity contribution in [3.05, 3.63) is 39.3 Å². The summed E-state index contributed by atoms with van der Waals surface area (Å²) in [6.45, 7) is 0. The number of halogens is 1. The molecule has 3 nitrogen and oxygen atoms in total. The second kappa shape index (κ2) is 3.49.